The lowest BCUT2D eigenvalue weighted by atomic mass is 10.1. The summed E-state index contributed by atoms with van der Waals surface area (Å²) in [4.78, 5) is 0. The lowest BCUT2D eigenvalue weighted by molar-refractivity contribution is -0.480. The molecule has 20 heavy (non-hydrogen) atoms. The highest BCUT2D eigenvalue weighted by Gasteiger charge is 2.27. The SMILES string of the molecule is Cc1cccc2c1OC[N+](c1c(F)cc(F)cc1F)=C2. The fraction of sp³-hybridized carbons (Fsp3) is 0.133. The van der Waals surface area contributed by atoms with E-state index in [9.17, 15) is 13.2 Å². The van der Waals surface area contributed by atoms with Gasteiger partial charge in [-0.25, -0.2) is 4.39 Å². The van der Waals surface area contributed by atoms with Crippen LogP contribution in [-0.2, 0) is 0 Å². The van der Waals surface area contributed by atoms with Gasteiger partial charge in [-0.3, -0.25) is 0 Å². The van der Waals surface area contributed by atoms with Crippen molar-refractivity contribution in [2.75, 3.05) is 6.73 Å². The second kappa shape index (κ2) is 4.67. The van der Waals surface area contributed by atoms with Crippen molar-refractivity contribution in [3.8, 4) is 5.75 Å². The minimum atomic E-state index is -0.960. The highest BCUT2D eigenvalue weighted by molar-refractivity contribution is 5.82. The van der Waals surface area contributed by atoms with Gasteiger partial charge in [0.15, 0.2) is 6.21 Å². The van der Waals surface area contributed by atoms with E-state index >= 15 is 0 Å². The lowest BCUT2D eigenvalue weighted by Gasteiger charge is -2.15. The second-order valence-electron chi connectivity index (χ2n) is 4.58. The van der Waals surface area contributed by atoms with Gasteiger partial charge in [0.2, 0.25) is 11.6 Å². The van der Waals surface area contributed by atoms with E-state index in [-0.39, 0.29) is 12.4 Å². The van der Waals surface area contributed by atoms with E-state index in [2.05, 4.69) is 0 Å². The molecule has 0 spiro atoms. The summed E-state index contributed by atoms with van der Waals surface area (Å²) < 4.78 is 47.2. The Hall–Kier alpha value is -2.30. The van der Waals surface area contributed by atoms with Gasteiger partial charge < -0.3 is 4.74 Å². The third-order valence-electron chi connectivity index (χ3n) is 3.15. The molecule has 3 rings (SSSR count). The van der Waals surface area contributed by atoms with Gasteiger partial charge in [-0.2, -0.15) is 13.4 Å². The molecule has 0 aromatic heterocycles. The monoisotopic (exact) mass is 278 g/mol. The van der Waals surface area contributed by atoms with Gasteiger partial charge in [-0.05, 0) is 18.6 Å². The van der Waals surface area contributed by atoms with Crippen molar-refractivity contribution in [3.63, 3.8) is 0 Å². The lowest BCUT2D eigenvalue weighted by Crippen LogP contribution is -2.22. The maximum atomic E-state index is 13.8. The van der Waals surface area contributed by atoms with Crippen LogP contribution in [0.4, 0.5) is 18.9 Å². The number of ether oxygens (including phenoxy) is 1. The molecule has 2 aromatic carbocycles. The number of aryl methyl sites for hydroxylation is 1. The Kier molecular flexibility index (Phi) is 2.97. The zero-order valence-electron chi connectivity index (χ0n) is 10.7. The number of hydrogen-bond acceptors (Lipinski definition) is 1. The Morgan fingerprint density at radius 3 is 2.50 bits per heavy atom. The molecule has 0 atom stereocenters. The van der Waals surface area contributed by atoms with E-state index < -0.39 is 17.5 Å². The number of hydrogen-bond donors (Lipinski definition) is 0. The van der Waals surface area contributed by atoms with Crippen LogP contribution in [0.15, 0.2) is 30.3 Å². The molecule has 2 aromatic rings. The van der Waals surface area contributed by atoms with E-state index in [0.29, 0.717) is 17.9 Å². The summed E-state index contributed by atoms with van der Waals surface area (Å²) >= 11 is 0. The van der Waals surface area contributed by atoms with Gasteiger partial charge in [-0.15, -0.1) is 0 Å². The Morgan fingerprint density at radius 2 is 1.80 bits per heavy atom. The highest BCUT2D eigenvalue weighted by atomic mass is 19.1. The fourth-order valence-electron chi connectivity index (χ4n) is 2.25. The minimum Gasteiger partial charge on any atom is -0.435 e. The van der Waals surface area contributed by atoms with Gasteiger partial charge in [0, 0.05) is 12.1 Å². The van der Waals surface area contributed by atoms with Crippen LogP contribution < -0.4 is 4.74 Å². The number of fused-ring (bicyclic) bond motifs is 1. The number of para-hydroxylation sites is 1. The summed E-state index contributed by atoms with van der Waals surface area (Å²) in [5.74, 6) is -2.18. The van der Waals surface area contributed by atoms with Crippen LogP contribution in [0.1, 0.15) is 11.1 Å². The van der Waals surface area contributed by atoms with Crippen LogP contribution in [0, 0.1) is 24.4 Å². The van der Waals surface area contributed by atoms with Crippen molar-refractivity contribution in [1.29, 1.82) is 0 Å². The molecule has 0 radical (unpaired) electrons. The van der Waals surface area contributed by atoms with Crippen molar-refractivity contribution in [1.82, 2.24) is 0 Å². The largest absolute Gasteiger partial charge is 0.435 e. The summed E-state index contributed by atoms with van der Waals surface area (Å²) in [6.07, 6.45) is 1.59. The molecule has 0 unspecified atom stereocenters. The Bertz CT molecular complexity index is 702. The van der Waals surface area contributed by atoms with Gasteiger partial charge in [0.05, 0.1) is 5.56 Å². The number of halogens is 3. The Labute approximate surface area is 113 Å². The predicted molar refractivity (Wildman–Crippen MR) is 68.1 cm³/mol. The maximum Gasteiger partial charge on any atom is 0.292 e. The summed E-state index contributed by atoms with van der Waals surface area (Å²) in [6, 6.07) is 6.81. The van der Waals surface area contributed by atoms with Crippen LogP contribution in [0.2, 0.25) is 0 Å². The topological polar surface area (TPSA) is 12.2 Å². The standard InChI is InChI=1S/C15H11F3NO/c1-9-3-2-4-10-7-19(8-20-15(9)10)14-12(17)5-11(16)6-13(14)18/h2-7H,8H2,1H3/q+1. The molecular formula is C15H11F3NO+. The van der Waals surface area contributed by atoms with Crippen molar-refractivity contribution in [2.24, 2.45) is 0 Å². The summed E-state index contributed by atoms with van der Waals surface area (Å²) in [6.45, 7) is 1.86. The smallest absolute Gasteiger partial charge is 0.292 e. The van der Waals surface area contributed by atoms with Gasteiger partial charge in [0.25, 0.3) is 12.4 Å². The van der Waals surface area contributed by atoms with Crippen LogP contribution >= 0.6 is 0 Å². The van der Waals surface area contributed by atoms with Crippen LogP contribution in [0.3, 0.4) is 0 Å². The Balaban J connectivity index is 2.14. The molecule has 0 N–H and O–H groups in total. The van der Waals surface area contributed by atoms with Gasteiger partial charge in [0.1, 0.15) is 11.6 Å². The molecule has 0 saturated carbocycles. The van der Waals surface area contributed by atoms with E-state index in [0.717, 1.165) is 11.1 Å². The Morgan fingerprint density at radius 1 is 1.10 bits per heavy atom. The predicted octanol–water partition coefficient (Wildman–Crippen LogP) is 3.53. The third-order valence-corrected chi connectivity index (χ3v) is 3.15. The minimum absolute atomic E-state index is 0.0304. The molecular weight excluding hydrogens is 267 g/mol. The van der Waals surface area contributed by atoms with E-state index in [1.54, 1.807) is 12.3 Å². The fourth-order valence-corrected chi connectivity index (χ4v) is 2.25. The van der Waals surface area contributed by atoms with Crippen molar-refractivity contribution in [2.45, 2.75) is 6.92 Å². The molecule has 0 aliphatic carbocycles. The quantitative estimate of drug-likeness (QED) is 0.727. The first-order chi connectivity index (χ1) is 9.56. The zero-order valence-corrected chi connectivity index (χ0v) is 10.7. The van der Waals surface area contributed by atoms with E-state index in [1.807, 2.05) is 19.1 Å². The van der Waals surface area contributed by atoms with Crippen LogP contribution in [0.25, 0.3) is 0 Å². The molecule has 0 bridgehead atoms. The average molecular weight is 278 g/mol. The molecule has 0 fully saturated rings. The summed E-state index contributed by atoms with van der Waals surface area (Å²) in [5, 5.41) is 0. The van der Waals surface area contributed by atoms with Gasteiger partial charge >= 0.3 is 0 Å². The molecule has 0 saturated heterocycles. The molecule has 1 aliphatic rings. The highest BCUT2D eigenvalue weighted by Crippen LogP contribution is 2.29. The van der Waals surface area contributed by atoms with Crippen molar-refractivity contribution in [3.05, 3.63) is 58.9 Å². The molecule has 2 nitrogen and oxygen atoms in total. The van der Waals surface area contributed by atoms with Crippen molar-refractivity contribution >= 4 is 11.9 Å². The summed E-state index contributed by atoms with van der Waals surface area (Å²) in [5.41, 5.74) is 1.34. The number of rotatable bonds is 1. The van der Waals surface area contributed by atoms with Crippen LogP contribution in [0.5, 0.6) is 5.75 Å². The first-order valence-electron chi connectivity index (χ1n) is 6.05. The van der Waals surface area contributed by atoms with E-state index in [1.165, 1.54) is 4.58 Å². The number of nitrogens with zero attached hydrogens (tertiary/aromatic N) is 1. The number of benzene rings is 2. The van der Waals surface area contributed by atoms with Crippen LogP contribution in [-0.4, -0.2) is 17.5 Å². The van der Waals surface area contributed by atoms with Gasteiger partial charge in [-0.1, -0.05) is 12.1 Å². The zero-order chi connectivity index (χ0) is 14.3. The maximum absolute atomic E-state index is 13.8. The molecule has 1 aliphatic heterocycles. The van der Waals surface area contributed by atoms with E-state index in [4.69, 9.17) is 4.74 Å². The molecule has 1 heterocycles. The first-order valence-corrected chi connectivity index (χ1v) is 6.05. The third kappa shape index (κ3) is 2.05. The first kappa shape index (κ1) is 12.7. The summed E-state index contributed by atoms with van der Waals surface area (Å²) in [7, 11) is 0. The molecule has 5 heteroatoms. The average Bonchev–Trinajstić information content (AvgIpc) is 2.37. The van der Waals surface area contributed by atoms with Crippen molar-refractivity contribution < 1.29 is 22.5 Å². The second-order valence-corrected chi connectivity index (χ2v) is 4.58. The normalized spacial score (nSPS) is 13.5. The molecule has 102 valence electrons. The molecule has 0 amide bonds.